The number of rotatable bonds is 7. The maximum atomic E-state index is 10.7. The second-order valence-corrected chi connectivity index (χ2v) is 4.46. The van der Waals surface area contributed by atoms with Gasteiger partial charge in [0.1, 0.15) is 0 Å². The van der Waals surface area contributed by atoms with Crippen molar-refractivity contribution in [2.24, 2.45) is 5.73 Å². The number of likely N-dealkylation sites (N-methyl/N-ethyl adjacent to an activating group) is 1. The van der Waals surface area contributed by atoms with Gasteiger partial charge in [0, 0.05) is 6.54 Å². The lowest BCUT2D eigenvalue weighted by atomic mass is 10.0. The maximum absolute atomic E-state index is 10.7. The number of carboxylic acid groups (broad SMARTS) is 1. The van der Waals surface area contributed by atoms with Crippen molar-refractivity contribution in [2.75, 3.05) is 13.1 Å². The van der Waals surface area contributed by atoms with Crippen molar-refractivity contribution in [3.63, 3.8) is 0 Å². The number of nitrogens with zero attached hydrogens (tertiary/aromatic N) is 1. The van der Waals surface area contributed by atoms with Gasteiger partial charge in [-0.25, -0.2) is 0 Å². The Bertz CT molecular complexity index is 409. The highest BCUT2D eigenvalue weighted by Crippen LogP contribution is 2.21. The summed E-state index contributed by atoms with van der Waals surface area (Å²) in [5.41, 5.74) is 6.79. The fourth-order valence-corrected chi connectivity index (χ4v) is 2.18. The molecule has 1 aromatic carbocycles. The Balaban J connectivity index is 2.89. The summed E-state index contributed by atoms with van der Waals surface area (Å²) in [5.74, 6) is -0.816. The molecule has 1 aromatic rings. The molecule has 18 heavy (non-hydrogen) atoms. The number of hydrogen-bond donors (Lipinski definition) is 2. The Morgan fingerprint density at radius 1 is 1.44 bits per heavy atom. The van der Waals surface area contributed by atoms with Crippen molar-refractivity contribution in [3.05, 3.63) is 35.9 Å². The molecule has 0 bridgehead atoms. The lowest BCUT2D eigenvalue weighted by molar-refractivity contribution is -0.137. The first kappa shape index (κ1) is 14.6. The molecule has 4 nitrogen and oxygen atoms in total. The van der Waals surface area contributed by atoms with Crippen molar-refractivity contribution in [3.8, 4) is 0 Å². The van der Waals surface area contributed by atoms with Crippen LogP contribution in [-0.4, -0.2) is 34.1 Å². The molecule has 0 saturated carbocycles. The zero-order valence-corrected chi connectivity index (χ0v) is 11.2. The average molecular weight is 266 g/mol. The molecule has 5 heteroatoms. The van der Waals surface area contributed by atoms with Gasteiger partial charge < -0.3 is 10.8 Å². The maximum Gasteiger partial charge on any atom is 0.304 e. The highest BCUT2D eigenvalue weighted by atomic mass is 32.1. The van der Waals surface area contributed by atoms with Gasteiger partial charge in [0.2, 0.25) is 0 Å². The zero-order chi connectivity index (χ0) is 13.5. The molecule has 0 fully saturated rings. The Hall–Kier alpha value is -1.46. The third-order valence-corrected chi connectivity index (χ3v) is 2.99. The molecule has 0 heterocycles. The van der Waals surface area contributed by atoms with Crippen LogP contribution in [0.25, 0.3) is 0 Å². The number of nitrogens with two attached hydrogens (primary N) is 1. The van der Waals surface area contributed by atoms with E-state index in [1.807, 2.05) is 42.2 Å². The minimum Gasteiger partial charge on any atom is -0.481 e. The molecule has 0 aliphatic heterocycles. The van der Waals surface area contributed by atoms with Crippen molar-refractivity contribution in [2.45, 2.75) is 19.4 Å². The van der Waals surface area contributed by atoms with E-state index >= 15 is 0 Å². The third-order valence-electron chi connectivity index (χ3n) is 2.77. The van der Waals surface area contributed by atoms with Gasteiger partial charge in [0.15, 0.2) is 0 Å². The van der Waals surface area contributed by atoms with E-state index in [0.717, 1.165) is 5.56 Å². The van der Waals surface area contributed by atoms with Gasteiger partial charge in [-0.05, 0) is 12.1 Å². The van der Waals surface area contributed by atoms with Crippen LogP contribution >= 0.6 is 12.2 Å². The summed E-state index contributed by atoms with van der Waals surface area (Å²) < 4.78 is 0. The fraction of sp³-hybridized carbons (Fsp3) is 0.385. The standard InChI is InChI=1S/C13H18N2O2S/c1-2-15(9-8-11(16)17)12(13(14)18)10-6-4-3-5-7-10/h3-7,12H,2,8-9H2,1H3,(H2,14,18)(H,16,17). The van der Waals surface area contributed by atoms with Crippen LogP contribution in [0.4, 0.5) is 0 Å². The molecule has 0 saturated heterocycles. The molecule has 0 aliphatic rings. The van der Waals surface area contributed by atoms with Crippen LogP contribution in [-0.2, 0) is 4.79 Å². The highest BCUT2D eigenvalue weighted by molar-refractivity contribution is 7.80. The molecule has 0 amide bonds. The molecule has 1 rings (SSSR count). The second kappa shape index (κ2) is 7.08. The molecule has 0 aromatic heterocycles. The average Bonchev–Trinajstić information content (AvgIpc) is 2.34. The molecule has 0 aliphatic carbocycles. The number of hydrogen-bond acceptors (Lipinski definition) is 3. The van der Waals surface area contributed by atoms with Gasteiger partial charge in [-0.2, -0.15) is 0 Å². The zero-order valence-electron chi connectivity index (χ0n) is 10.4. The largest absolute Gasteiger partial charge is 0.481 e. The quantitative estimate of drug-likeness (QED) is 0.737. The summed E-state index contributed by atoms with van der Waals surface area (Å²) in [4.78, 5) is 13.0. The first-order valence-electron chi connectivity index (χ1n) is 5.86. The molecule has 0 spiro atoms. The highest BCUT2D eigenvalue weighted by Gasteiger charge is 2.22. The summed E-state index contributed by atoms with van der Waals surface area (Å²) >= 11 is 5.11. The van der Waals surface area contributed by atoms with E-state index in [-0.39, 0.29) is 12.5 Å². The topological polar surface area (TPSA) is 66.6 Å². The Morgan fingerprint density at radius 3 is 2.50 bits per heavy atom. The molecule has 1 unspecified atom stereocenters. The molecule has 1 atom stereocenters. The van der Waals surface area contributed by atoms with Crippen LogP contribution in [0.2, 0.25) is 0 Å². The first-order valence-corrected chi connectivity index (χ1v) is 6.27. The van der Waals surface area contributed by atoms with E-state index in [4.69, 9.17) is 23.1 Å². The fourth-order valence-electron chi connectivity index (χ4n) is 1.90. The summed E-state index contributed by atoms with van der Waals surface area (Å²) in [6, 6.07) is 9.47. The van der Waals surface area contributed by atoms with Crippen molar-refractivity contribution in [1.29, 1.82) is 0 Å². The van der Waals surface area contributed by atoms with Crippen LogP contribution in [0.5, 0.6) is 0 Å². The minimum atomic E-state index is -0.816. The monoisotopic (exact) mass is 266 g/mol. The van der Waals surface area contributed by atoms with Gasteiger partial charge in [-0.1, -0.05) is 49.5 Å². The van der Waals surface area contributed by atoms with Crippen LogP contribution in [0.1, 0.15) is 24.9 Å². The Labute approximate surface area is 112 Å². The first-order chi connectivity index (χ1) is 8.56. The molecular weight excluding hydrogens is 248 g/mol. The van der Waals surface area contributed by atoms with Gasteiger partial charge in [0.05, 0.1) is 17.5 Å². The van der Waals surface area contributed by atoms with E-state index in [9.17, 15) is 4.79 Å². The number of thiocarbonyl (C=S) groups is 1. The number of benzene rings is 1. The van der Waals surface area contributed by atoms with Crippen LogP contribution in [0, 0.1) is 0 Å². The van der Waals surface area contributed by atoms with Crippen molar-refractivity contribution in [1.82, 2.24) is 4.90 Å². The van der Waals surface area contributed by atoms with E-state index in [2.05, 4.69) is 0 Å². The number of aliphatic carboxylic acids is 1. The Kier molecular flexibility index (Phi) is 5.74. The van der Waals surface area contributed by atoms with Crippen molar-refractivity contribution >= 4 is 23.2 Å². The molecule has 3 N–H and O–H groups in total. The smallest absolute Gasteiger partial charge is 0.304 e. The lowest BCUT2D eigenvalue weighted by Gasteiger charge is -2.29. The summed E-state index contributed by atoms with van der Waals surface area (Å²) in [7, 11) is 0. The molecular formula is C13H18N2O2S. The van der Waals surface area contributed by atoms with E-state index in [0.29, 0.717) is 18.1 Å². The predicted molar refractivity (Wildman–Crippen MR) is 75.5 cm³/mol. The predicted octanol–water partition coefficient (Wildman–Crippen LogP) is 1.81. The summed E-state index contributed by atoms with van der Waals surface area (Å²) in [6.45, 7) is 3.10. The van der Waals surface area contributed by atoms with E-state index in [1.54, 1.807) is 0 Å². The van der Waals surface area contributed by atoms with Gasteiger partial charge in [-0.15, -0.1) is 0 Å². The normalized spacial score (nSPS) is 12.3. The number of carbonyl (C=O) groups is 1. The van der Waals surface area contributed by atoms with Gasteiger partial charge in [-0.3, -0.25) is 9.69 Å². The molecule has 98 valence electrons. The second-order valence-electron chi connectivity index (χ2n) is 3.99. The van der Waals surface area contributed by atoms with Crippen LogP contribution < -0.4 is 5.73 Å². The lowest BCUT2D eigenvalue weighted by Crippen LogP contribution is -2.38. The van der Waals surface area contributed by atoms with Gasteiger partial charge >= 0.3 is 5.97 Å². The SMILES string of the molecule is CCN(CCC(=O)O)C(C(N)=S)c1ccccc1. The van der Waals surface area contributed by atoms with E-state index in [1.165, 1.54) is 0 Å². The van der Waals surface area contributed by atoms with Crippen molar-refractivity contribution < 1.29 is 9.90 Å². The minimum absolute atomic E-state index is 0.0831. The van der Waals surface area contributed by atoms with Gasteiger partial charge in [0.25, 0.3) is 0 Å². The number of carboxylic acids is 1. The summed E-state index contributed by atoms with van der Waals surface area (Å²) in [5, 5.41) is 8.76. The Morgan fingerprint density at radius 2 is 2.06 bits per heavy atom. The van der Waals surface area contributed by atoms with Crippen LogP contribution in [0.15, 0.2) is 30.3 Å². The third kappa shape index (κ3) is 4.09. The molecule has 0 radical (unpaired) electrons. The van der Waals surface area contributed by atoms with Crippen LogP contribution in [0.3, 0.4) is 0 Å². The summed E-state index contributed by atoms with van der Waals surface area (Å²) in [6.07, 6.45) is 0.0831. The van der Waals surface area contributed by atoms with E-state index < -0.39 is 5.97 Å².